The van der Waals surface area contributed by atoms with Crippen LogP contribution in [0.3, 0.4) is 0 Å². The molecule has 0 saturated heterocycles. The lowest BCUT2D eigenvalue weighted by molar-refractivity contribution is -0.137. The van der Waals surface area contributed by atoms with E-state index < -0.39 is 12.1 Å². The van der Waals surface area contributed by atoms with Gasteiger partial charge < -0.3 is 15.1 Å². The topological polar surface area (TPSA) is 60.8 Å². The minimum absolute atomic E-state index is 0.0944. The minimum atomic E-state index is -0.818. The van der Waals surface area contributed by atoms with Gasteiger partial charge in [-0.1, -0.05) is 29.8 Å². The van der Waals surface area contributed by atoms with Crippen LogP contribution in [0, 0.1) is 6.92 Å². The molecule has 0 fully saturated rings. The molecule has 0 aliphatic carbocycles. The van der Waals surface area contributed by atoms with Gasteiger partial charge in [0.05, 0.1) is 12.5 Å². The first kappa shape index (κ1) is 13.7. The summed E-state index contributed by atoms with van der Waals surface area (Å²) in [5.41, 5.74) is 2.01. The average Bonchev–Trinajstić information content (AvgIpc) is 2.27. The van der Waals surface area contributed by atoms with Crippen LogP contribution in [0.1, 0.15) is 23.7 Å². The number of rotatable bonds is 6. The molecule has 0 bridgehead atoms. The minimum Gasteiger partial charge on any atom is -0.481 e. The molecule has 2 N–H and O–H groups in total. The zero-order valence-corrected chi connectivity index (χ0v) is 10.3. The van der Waals surface area contributed by atoms with Crippen molar-refractivity contribution < 1.29 is 15.0 Å². The van der Waals surface area contributed by atoms with E-state index in [1.54, 1.807) is 7.05 Å². The summed E-state index contributed by atoms with van der Waals surface area (Å²) in [5, 5.41) is 18.5. The number of aliphatic hydroxyl groups is 1. The van der Waals surface area contributed by atoms with Gasteiger partial charge in [-0.15, -0.1) is 0 Å². The lowest BCUT2D eigenvalue weighted by atomic mass is 10.1. The Morgan fingerprint density at radius 2 is 1.94 bits per heavy atom. The Bertz CT molecular complexity index is 361. The summed E-state index contributed by atoms with van der Waals surface area (Å²) in [6, 6.07) is 7.70. The summed E-state index contributed by atoms with van der Waals surface area (Å²) in [7, 11) is 1.81. The molecule has 4 nitrogen and oxygen atoms in total. The van der Waals surface area contributed by atoms with Gasteiger partial charge in [0, 0.05) is 13.1 Å². The molecule has 0 saturated carbocycles. The second-order valence-corrected chi connectivity index (χ2v) is 4.33. The number of carboxylic acids is 1. The number of nitrogens with zero attached hydrogens (tertiary/aromatic N) is 1. The van der Waals surface area contributed by atoms with Crippen molar-refractivity contribution in [3.8, 4) is 0 Å². The number of carbonyl (C=O) groups is 1. The predicted molar refractivity (Wildman–Crippen MR) is 65.9 cm³/mol. The van der Waals surface area contributed by atoms with Crippen molar-refractivity contribution in [1.29, 1.82) is 0 Å². The molecule has 1 aromatic carbocycles. The molecular formula is C13H19NO3. The molecule has 0 radical (unpaired) electrons. The van der Waals surface area contributed by atoms with Gasteiger partial charge in [0.2, 0.25) is 0 Å². The summed E-state index contributed by atoms with van der Waals surface area (Å²) >= 11 is 0. The third-order valence-electron chi connectivity index (χ3n) is 2.65. The van der Waals surface area contributed by atoms with Crippen LogP contribution in [0.5, 0.6) is 0 Å². The molecule has 0 spiro atoms. The average molecular weight is 237 g/mol. The highest BCUT2D eigenvalue weighted by Crippen LogP contribution is 2.14. The fourth-order valence-corrected chi connectivity index (χ4v) is 1.57. The first-order valence-electron chi connectivity index (χ1n) is 5.64. The van der Waals surface area contributed by atoms with E-state index in [1.165, 1.54) is 0 Å². The molecule has 1 aromatic rings. The maximum atomic E-state index is 10.4. The lowest BCUT2D eigenvalue weighted by Crippen LogP contribution is -2.27. The SMILES string of the molecule is Cc1ccc(C(O)CN(C)CCC(=O)O)cc1. The standard InChI is InChI=1S/C13H19NO3/c1-10-3-5-11(6-4-10)12(15)9-14(2)8-7-13(16)17/h3-6,12,15H,7-9H2,1-2H3,(H,16,17). The van der Waals surface area contributed by atoms with E-state index in [4.69, 9.17) is 5.11 Å². The molecule has 0 aliphatic rings. The highest BCUT2D eigenvalue weighted by Gasteiger charge is 2.11. The van der Waals surface area contributed by atoms with Crippen molar-refractivity contribution in [3.63, 3.8) is 0 Å². The van der Waals surface area contributed by atoms with Crippen LogP contribution in [0.25, 0.3) is 0 Å². The highest BCUT2D eigenvalue weighted by atomic mass is 16.4. The van der Waals surface area contributed by atoms with Gasteiger partial charge in [-0.3, -0.25) is 4.79 Å². The Morgan fingerprint density at radius 3 is 2.47 bits per heavy atom. The second-order valence-electron chi connectivity index (χ2n) is 4.33. The first-order valence-corrected chi connectivity index (χ1v) is 5.64. The third-order valence-corrected chi connectivity index (χ3v) is 2.65. The molecule has 1 atom stereocenters. The van der Waals surface area contributed by atoms with E-state index in [0.29, 0.717) is 13.1 Å². The second kappa shape index (κ2) is 6.37. The van der Waals surface area contributed by atoms with Crippen LogP contribution in [0.2, 0.25) is 0 Å². The summed E-state index contributed by atoms with van der Waals surface area (Å²) < 4.78 is 0. The van der Waals surface area contributed by atoms with E-state index >= 15 is 0 Å². The molecule has 17 heavy (non-hydrogen) atoms. The number of aliphatic hydroxyl groups excluding tert-OH is 1. The molecular weight excluding hydrogens is 218 g/mol. The van der Waals surface area contributed by atoms with Crippen molar-refractivity contribution in [1.82, 2.24) is 4.90 Å². The van der Waals surface area contributed by atoms with Gasteiger partial charge in [-0.05, 0) is 19.5 Å². The molecule has 0 amide bonds. The van der Waals surface area contributed by atoms with E-state index in [1.807, 2.05) is 36.1 Å². The fraction of sp³-hybridized carbons (Fsp3) is 0.462. The highest BCUT2D eigenvalue weighted by molar-refractivity contribution is 5.66. The Hall–Kier alpha value is -1.39. The Balaban J connectivity index is 2.45. The maximum absolute atomic E-state index is 10.4. The molecule has 1 rings (SSSR count). The zero-order chi connectivity index (χ0) is 12.8. The Kier molecular flexibility index (Phi) is 5.12. The molecule has 0 aliphatic heterocycles. The summed E-state index contributed by atoms with van der Waals surface area (Å²) in [6.07, 6.45) is -0.480. The lowest BCUT2D eigenvalue weighted by Gasteiger charge is -2.20. The number of aliphatic carboxylic acids is 1. The number of hydrogen-bond donors (Lipinski definition) is 2. The molecule has 4 heteroatoms. The van der Waals surface area contributed by atoms with E-state index in [0.717, 1.165) is 11.1 Å². The quantitative estimate of drug-likeness (QED) is 0.786. The molecule has 0 heterocycles. The van der Waals surface area contributed by atoms with Gasteiger partial charge in [0.1, 0.15) is 0 Å². The fourth-order valence-electron chi connectivity index (χ4n) is 1.57. The van der Waals surface area contributed by atoms with Gasteiger partial charge in [-0.2, -0.15) is 0 Å². The zero-order valence-electron chi connectivity index (χ0n) is 10.3. The van der Waals surface area contributed by atoms with Crippen molar-refractivity contribution in [2.24, 2.45) is 0 Å². The van der Waals surface area contributed by atoms with Crippen LogP contribution < -0.4 is 0 Å². The smallest absolute Gasteiger partial charge is 0.304 e. The number of benzene rings is 1. The first-order chi connectivity index (χ1) is 7.99. The number of aryl methyl sites for hydroxylation is 1. The van der Waals surface area contributed by atoms with Crippen LogP contribution >= 0.6 is 0 Å². The molecule has 1 unspecified atom stereocenters. The van der Waals surface area contributed by atoms with E-state index in [9.17, 15) is 9.90 Å². The van der Waals surface area contributed by atoms with Crippen molar-refractivity contribution >= 4 is 5.97 Å². The summed E-state index contributed by atoms with van der Waals surface area (Å²) in [5.74, 6) is -0.818. The van der Waals surface area contributed by atoms with Gasteiger partial charge in [-0.25, -0.2) is 0 Å². The normalized spacial score (nSPS) is 12.7. The van der Waals surface area contributed by atoms with E-state index in [-0.39, 0.29) is 6.42 Å². The van der Waals surface area contributed by atoms with Crippen molar-refractivity contribution in [3.05, 3.63) is 35.4 Å². The summed E-state index contributed by atoms with van der Waals surface area (Å²) in [4.78, 5) is 12.2. The van der Waals surface area contributed by atoms with Crippen LogP contribution in [-0.2, 0) is 4.79 Å². The number of hydrogen-bond acceptors (Lipinski definition) is 3. The van der Waals surface area contributed by atoms with Gasteiger partial charge >= 0.3 is 5.97 Å². The Morgan fingerprint density at radius 1 is 1.35 bits per heavy atom. The van der Waals surface area contributed by atoms with Crippen molar-refractivity contribution in [2.75, 3.05) is 20.1 Å². The number of carboxylic acid groups (broad SMARTS) is 1. The van der Waals surface area contributed by atoms with E-state index in [2.05, 4.69) is 0 Å². The third kappa shape index (κ3) is 4.97. The van der Waals surface area contributed by atoms with Crippen LogP contribution in [0.4, 0.5) is 0 Å². The van der Waals surface area contributed by atoms with Gasteiger partial charge in [0.15, 0.2) is 0 Å². The summed E-state index contributed by atoms with van der Waals surface area (Å²) in [6.45, 7) is 2.88. The molecule has 94 valence electrons. The maximum Gasteiger partial charge on any atom is 0.304 e. The van der Waals surface area contributed by atoms with Crippen LogP contribution in [0.15, 0.2) is 24.3 Å². The van der Waals surface area contributed by atoms with Crippen LogP contribution in [-0.4, -0.2) is 41.2 Å². The van der Waals surface area contributed by atoms with Gasteiger partial charge in [0.25, 0.3) is 0 Å². The monoisotopic (exact) mass is 237 g/mol. The largest absolute Gasteiger partial charge is 0.481 e. The Labute approximate surface area is 101 Å². The molecule has 0 aromatic heterocycles. The van der Waals surface area contributed by atoms with Crippen molar-refractivity contribution in [2.45, 2.75) is 19.4 Å². The number of likely N-dealkylation sites (N-methyl/N-ethyl adjacent to an activating group) is 1. The predicted octanol–water partition coefficient (Wildman–Crippen LogP) is 1.43.